The molecular weight excluding hydrogens is 230 g/mol. The molecule has 1 aromatic heterocycles. The van der Waals surface area contributed by atoms with Crippen LogP contribution in [0, 0.1) is 0 Å². The normalized spacial score (nSPS) is 10.2. The Labute approximate surface area is 86.7 Å². The Kier molecular flexibility index (Phi) is 4.83. The molecule has 0 spiro atoms. The summed E-state index contributed by atoms with van der Waals surface area (Å²) in [7, 11) is 0. The van der Waals surface area contributed by atoms with E-state index >= 15 is 0 Å². The maximum Gasteiger partial charge on any atom is 0.181 e. The van der Waals surface area contributed by atoms with E-state index in [4.69, 9.17) is 0 Å². The predicted molar refractivity (Wildman–Crippen MR) is 58.3 cm³/mol. The van der Waals surface area contributed by atoms with Crippen LogP contribution in [0.2, 0.25) is 0 Å². The van der Waals surface area contributed by atoms with Gasteiger partial charge < -0.3 is 4.57 Å². The smallest absolute Gasteiger partial charge is 0.181 e. The van der Waals surface area contributed by atoms with E-state index in [1.165, 1.54) is 19.3 Å². The maximum absolute atomic E-state index is 10.8. The average molecular weight is 244 g/mol. The van der Waals surface area contributed by atoms with Crippen LogP contribution in [-0.2, 0) is 6.54 Å². The van der Waals surface area contributed by atoms with E-state index in [1.54, 1.807) is 12.1 Å². The molecule has 3 heteroatoms. The zero-order valence-electron chi connectivity index (χ0n) is 7.58. The number of unbranched alkanes of at least 4 members (excludes halogenated alkanes) is 2. The monoisotopic (exact) mass is 243 g/mol. The van der Waals surface area contributed by atoms with Crippen LogP contribution in [-0.4, -0.2) is 9.90 Å². The molecule has 0 saturated carbocycles. The molecule has 72 valence electrons. The highest BCUT2D eigenvalue weighted by Crippen LogP contribution is 2.00. The second kappa shape index (κ2) is 5.97. The van der Waals surface area contributed by atoms with Crippen molar-refractivity contribution >= 4 is 15.9 Å². The summed E-state index contributed by atoms with van der Waals surface area (Å²) in [5.41, 5.74) is 0.0803. The van der Waals surface area contributed by atoms with Crippen molar-refractivity contribution in [3.8, 4) is 0 Å². The van der Waals surface area contributed by atoms with Crippen molar-refractivity contribution in [1.82, 2.24) is 4.57 Å². The Hall–Kier alpha value is -0.570. The number of rotatable bonds is 5. The van der Waals surface area contributed by atoms with Gasteiger partial charge in [-0.25, -0.2) is 0 Å². The summed E-state index contributed by atoms with van der Waals surface area (Å²) in [6.07, 6.45) is 7.32. The summed E-state index contributed by atoms with van der Waals surface area (Å²) < 4.78 is 2.05. The summed E-state index contributed by atoms with van der Waals surface area (Å²) in [6.45, 7) is 1.01. The van der Waals surface area contributed by atoms with Crippen molar-refractivity contribution in [2.45, 2.75) is 25.8 Å². The van der Waals surface area contributed by atoms with E-state index in [0.29, 0.717) is 0 Å². The Morgan fingerprint density at radius 3 is 2.46 bits per heavy atom. The topological polar surface area (TPSA) is 22.0 Å². The van der Waals surface area contributed by atoms with Crippen molar-refractivity contribution in [2.75, 3.05) is 5.33 Å². The second-order valence-corrected chi connectivity index (χ2v) is 3.81. The Morgan fingerprint density at radius 2 is 1.85 bits per heavy atom. The molecule has 1 aromatic rings. The summed E-state index contributed by atoms with van der Waals surface area (Å²) in [4.78, 5) is 10.8. The van der Waals surface area contributed by atoms with Crippen molar-refractivity contribution < 1.29 is 0 Å². The highest BCUT2D eigenvalue weighted by atomic mass is 79.9. The third-order valence-corrected chi connectivity index (χ3v) is 2.47. The minimum atomic E-state index is 0.0803. The van der Waals surface area contributed by atoms with E-state index in [1.807, 2.05) is 12.4 Å². The van der Waals surface area contributed by atoms with E-state index in [-0.39, 0.29) is 5.43 Å². The summed E-state index contributed by atoms with van der Waals surface area (Å²) in [5, 5.41) is 1.08. The van der Waals surface area contributed by atoms with Crippen LogP contribution in [0.5, 0.6) is 0 Å². The first-order valence-electron chi connectivity index (χ1n) is 4.55. The molecule has 0 N–H and O–H groups in total. The van der Waals surface area contributed by atoms with Gasteiger partial charge in [0.05, 0.1) is 0 Å². The molecule has 0 radical (unpaired) electrons. The first kappa shape index (κ1) is 10.5. The molecule has 0 bridgehead atoms. The quantitative estimate of drug-likeness (QED) is 0.575. The Balaban J connectivity index is 2.29. The third-order valence-electron chi connectivity index (χ3n) is 1.91. The highest BCUT2D eigenvalue weighted by Gasteiger charge is 1.90. The second-order valence-electron chi connectivity index (χ2n) is 3.02. The van der Waals surface area contributed by atoms with Crippen LogP contribution in [0.25, 0.3) is 0 Å². The van der Waals surface area contributed by atoms with Crippen LogP contribution in [0.4, 0.5) is 0 Å². The lowest BCUT2D eigenvalue weighted by atomic mass is 10.2. The number of hydrogen-bond donors (Lipinski definition) is 0. The van der Waals surface area contributed by atoms with Gasteiger partial charge in [-0.15, -0.1) is 0 Å². The molecular formula is C10H14BrNO. The average Bonchev–Trinajstić information content (AvgIpc) is 2.15. The van der Waals surface area contributed by atoms with Crippen LogP contribution in [0.3, 0.4) is 0 Å². The van der Waals surface area contributed by atoms with Gasteiger partial charge in [0.1, 0.15) is 0 Å². The van der Waals surface area contributed by atoms with E-state index in [9.17, 15) is 4.79 Å². The number of aromatic nitrogens is 1. The van der Waals surface area contributed by atoms with E-state index in [0.717, 1.165) is 11.9 Å². The van der Waals surface area contributed by atoms with Crippen molar-refractivity contribution in [2.24, 2.45) is 0 Å². The molecule has 2 nitrogen and oxygen atoms in total. The number of aryl methyl sites for hydroxylation is 1. The Morgan fingerprint density at radius 1 is 1.15 bits per heavy atom. The van der Waals surface area contributed by atoms with Crippen molar-refractivity contribution in [3.05, 3.63) is 34.7 Å². The largest absolute Gasteiger partial charge is 0.354 e. The van der Waals surface area contributed by atoms with Gasteiger partial charge in [0, 0.05) is 36.4 Å². The van der Waals surface area contributed by atoms with Gasteiger partial charge in [0.25, 0.3) is 0 Å². The third kappa shape index (κ3) is 4.27. The molecule has 0 aliphatic rings. The molecule has 0 fully saturated rings. The molecule has 0 aliphatic carbocycles. The van der Waals surface area contributed by atoms with Gasteiger partial charge >= 0.3 is 0 Å². The minimum Gasteiger partial charge on any atom is -0.354 e. The lowest BCUT2D eigenvalue weighted by Crippen LogP contribution is -2.03. The molecule has 0 unspecified atom stereocenters. The van der Waals surface area contributed by atoms with Gasteiger partial charge in [0.15, 0.2) is 5.43 Å². The molecule has 0 amide bonds. The number of hydrogen-bond acceptors (Lipinski definition) is 1. The minimum absolute atomic E-state index is 0.0803. The first-order valence-corrected chi connectivity index (χ1v) is 5.67. The van der Waals surface area contributed by atoms with Gasteiger partial charge in [-0.2, -0.15) is 0 Å². The number of nitrogens with zero attached hydrogens (tertiary/aromatic N) is 1. The van der Waals surface area contributed by atoms with Crippen LogP contribution in [0.1, 0.15) is 19.3 Å². The van der Waals surface area contributed by atoms with E-state index < -0.39 is 0 Å². The van der Waals surface area contributed by atoms with Crippen LogP contribution in [0.15, 0.2) is 29.3 Å². The number of pyridine rings is 1. The Bertz CT molecular complexity index is 275. The number of halogens is 1. The molecule has 0 aromatic carbocycles. The molecule has 1 rings (SSSR count). The fourth-order valence-electron chi connectivity index (χ4n) is 1.16. The van der Waals surface area contributed by atoms with Gasteiger partial charge in [-0.05, 0) is 12.8 Å². The zero-order valence-corrected chi connectivity index (χ0v) is 9.16. The van der Waals surface area contributed by atoms with Crippen molar-refractivity contribution in [3.63, 3.8) is 0 Å². The zero-order chi connectivity index (χ0) is 9.52. The van der Waals surface area contributed by atoms with Gasteiger partial charge in [0.2, 0.25) is 0 Å². The summed E-state index contributed by atoms with van der Waals surface area (Å²) in [6, 6.07) is 3.20. The highest BCUT2D eigenvalue weighted by molar-refractivity contribution is 9.09. The summed E-state index contributed by atoms with van der Waals surface area (Å²) in [5.74, 6) is 0. The van der Waals surface area contributed by atoms with Gasteiger partial charge in [-0.1, -0.05) is 22.4 Å². The molecule has 1 heterocycles. The SMILES string of the molecule is O=c1ccn(CCCCCBr)cc1. The molecule has 13 heavy (non-hydrogen) atoms. The van der Waals surface area contributed by atoms with E-state index in [2.05, 4.69) is 20.5 Å². The van der Waals surface area contributed by atoms with Crippen LogP contribution < -0.4 is 5.43 Å². The predicted octanol–water partition coefficient (Wildman–Crippen LogP) is 2.41. The molecule has 0 aliphatic heterocycles. The lowest BCUT2D eigenvalue weighted by Gasteiger charge is -2.03. The van der Waals surface area contributed by atoms with Crippen molar-refractivity contribution in [1.29, 1.82) is 0 Å². The molecule has 0 atom stereocenters. The maximum atomic E-state index is 10.8. The fourth-order valence-corrected chi connectivity index (χ4v) is 1.55. The first-order chi connectivity index (χ1) is 6.33. The lowest BCUT2D eigenvalue weighted by molar-refractivity contribution is 0.602. The van der Waals surface area contributed by atoms with Crippen LogP contribution >= 0.6 is 15.9 Å². The molecule has 0 saturated heterocycles. The van der Waals surface area contributed by atoms with Gasteiger partial charge in [-0.3, -0.25) is 4.79 Å². The summed E-state index contributed by atoms with van der Waals surface area (Å²) >= 11 is 3.40. The number of alkyl halides is 1. The fraction of sp³-hybridized carbons (Fsp3) is 0.500. The standard InChI is InChI=1S/C10H14BrNO/c11-6-2-1-3-7-12-8-4-10(13)5-9-12/h4-5,8-9H,1-3,6-7H2.